The van der Waals surface area contributed by atoms with Crippen molar-refractivity contribution < 1.29 is 23.8 Å². The van der Waals surface area contributed by atoms with Gasteiger partial charge in [0.2, 0.25) is 6.79 Å². The molecule has 7 nitrogen and oxygen atoms in total. The van der Waals surface area contributed by atoms with E-state index in [1.54, 1.807) is 19.2 Å². The number of hydrogen-bond acceptors (Lipinski definition) is 6. The number of ether oxygens (including phenoxy) is 3. The first-order valence-electron chi connectivity index (χ1n) is 8.30. The molecule has 0 radical (unpaired) electrons. The maximum Gasteiger partial charge on any atom is 0.338 e. The summed E-state index contributed by atoms with van der Waals surface area (Å²) in [6.07, 6.45) is 4.22. The van der Waals surface area contributed by atoms with Gasteiger partial charge in [-0.25, -0.2) is 4.79 Å². The molecule has 7 heteroatoms. The maximum absolute atomic E-state index is 12.4. The summed E-state index contributed by atoms with van der Waals surface area (Å²) in [4.78, 5) is 26.0. The van der Waals surface area contributed by atoms with E-state index in [-0.39, 0.29) is 18.3 Å². The third-order valence-corrected chi connectivity index (χ3v) is 4.84. The lowest BCUT2D eigenvalue weighted by Gasteiger charge is -2.38. The SMILES string of the molecule is CN(C(=O)COC(=O)c1ccc2c(c1)OCO2)C1(C#N)CCCCC1. The normalized spacial score (nSPS) is 17.4. The Balaban J connectivity index is 1.60. The largest absolute Gasteiger partial charge is 0.454 e. The van der Waals surface area contributed by atoms with Crippen LogP contribution in [-0.4, -0.2) is 42.8 Å². The standard InChI is InChI=1S/C18H20N2O5/c1-20(18(11-19)7-3-2-4-8-18)16(21)10-23-17(22)13-5-6-14-15(9-13)25-12-24-14/h5-6,9H,2-4,7-8,10,12H2,1H3. The van der Waals surface area contributed by atoms with E-state index in [0.29, 0.717) is 24.3 Å². The minimum Gasteiger partial charge on any atom is -0.454 e. The van der Waals surface area contributed by atoms with Crippen LogP contribution in [0.25, 0.3) is 0 Å². The zero-order chi connectivity index (χ0) is 17.9. The summed E-state index contributed by atoms with van der Waals surface area (Å²) < 4.78 is 15.5. The minimum absolute atomic E-state index is 0.118. The van der Waals surface area contributed by atoms with Crippen molar-refractivity contribution >= 4 is 11.9 Å². The number of carbonyl (C=O) groups is 2. The van der Waals surface area contributed by atoms with Crippen molar-refractivity contribution in [2.24, 2.45) is 0 Å². The minimum atomic E-state index is -0.791. The average Bonchev–Trinajstić information content (AvgIpc) is 3.13. The molecule has 0 aromatic heterocycles. The van der Waals surface area contributed by atoms with E-state index >= 15 is 0 Å². The Hall–Kier alpha value is -2.75. The predicted molar refractivity (Wildman–Crippen MR) is 87.0 cm³/mol. The molecule has 1 heterocycles. The zero-order valence-corrected chi connectivity index (χ0v) is 14.1. The van der Waals surface area contributed by atoms with Crippen molar-refractivity contribution in [1.82, 2.24) is 4.90 Å². The summed E-state index contributed by atoms with van der Waals surface area (Å²) in [5.74, 6) is 0.0522. The van der Waals surface area contributed by atoms with Crippen molar-refractivity contribution in [2.75, 3.05) is 20.4 Å². The highest BCUT2D eigenvalue weighted by atomic mass is 16.7. The average molecular weight is 344 g/mol. The molecule has 1 aromatic carbocycles. The fraction of sp³-hybridized carbons (Fsp3) is 0.500. The first-order chi connectivity index (χ1) is 12.1. The van der Waals surface area contributed by atoms with Crippen molar-refractivity contribution in [3.63, 3.8) is 0 Å². The predicted octanol–water partition coefficient (Wildman–Crippen LogP) is 2.26. The Morgan fingerprint density at radius 3 is 2.68 bits per heavy atom. The number of esters is 1. The Morgan fingerprint density at radius 1 is 1.24 bits per heavy atom. The Labute approximate surface area is 146 Å². The van der Waals surface area contributed by atoms with E-state index in [0.717, 1.165) is 19.3 Å². The second-order valence-corrected chi connectivity index (χ2v) is 6.30. The monoisotopic (exact) mass is 344 g/mol. The van der Waals surface area contributed by atoms with Crippen molar-refractivity contribution in [1.29, 1.82) is 5.26 Å². The van der Waals surface area contributed by atoms with E-state index in [4.69, 9.17) is 14.2 Å². The van der Waals surface area contributed by atoms with Crippen molar-refractivity contribution in [3.8, 4) is 17.6 Å². The van der Waals surface area contributed by atoms with Crippen molar-refractivity contribution in [2.45, 2.75) is 37.6 Å². The second kappa shape index (κ2) is 7.01. The topological polar surface area (TPSA) is 88.9 Å². The molecular formula is C18H20N2O5. The second-order valence-electron chi connectivity index (χ2n) is 6.30. The van der Waals surface area contributed by atoms with Gasteiger partial charge in [-0.15, -0.1) is 0 Å². The number of hydrogen-bond donors (Lipinski definition) is 0. The first-order valence-corrected chi connectivity index (χ1v) is 8.30. The molecule has 25 heavy (non-hydrogen) atoms. The molecule has 0 spiro atoms. The van der Waals surface area contributed by atoms with Gasteiger partial charge in [0.05, 0.1) is 11.6 Å². The molecular weight excluding hydrogens is 324 g/mol. The van der Waals surface area contributed by atoms with Crippen LogP contribution in [0.1, 0.15) is 42.5 Å². The Bertz CT molecular complexity index is 719. The zero-order valence-electron chi connectivity index (χ0n) is 14.1. The van der Waals surface area contributed by atoms with Crippen LogP contribution in [0.4, 0.5) is 0 Å². The molecule has 2 aliphatic rings. The number of nitriles is 1. The van der Waals surface area contributed by atoms with E-state index < -0.39 is 18.1 Å². The molecule has 1 fully saturated rings. The first kappa shape index (κ1) is 17.1. The molecule has 1 aliphatic heterocycles. The van der Waals surface area contributed by atoms with Gasteiger partial charge in [0.1, 0.15) is 5.54 Å². The Kier molecular flexibility index (Phi) is 4.79. The highest BCUT2D eigenvalue weighted by Gasteiger charge is 2.39. The fourth-order valence-electron chi connectivity index (χ4n) is 3.23. The molecule has 0 N–H and O–H groups in total. The summed E-state index contributed by atoms with van der Waals surface area (Å²) in [5, 5.41) is 9.53. The highest BCUT2D eigenvalue weighted by molar-refractivity contribution is 5.92. The van der Waals surface area contributed by atoms with Gasteiger partial charge in [-0.2, -0.15) is 5.26 Å². The van der Waals surface area contributed by atoms with Crippen LogP contribution in [0.5, 0.6) is 11.5 Å². The summed E-state index contributed by atoms with van der Waals surface area (Å²) in [6, 6.07) is 6.99. The van der Waals surface area contributed by atoms with Gasteiger partial charge < -0.3 is 19.1 Å². The molecule has 0 unspecified atom stereocenters. The van der Waals surface area contributed by atoms with E-state index in [1.807, 2.05) is 0 Å². The quantitative estimate of drug-likeness (QED) is 0.779. The smallest absolute Gasteiger partial charge is 0.338 e. The number of benzene rings is 1. The van der Waals surface area contributed by atoms with Gasteiger partial charge in [0, 0.05) is 7.05 Å². The lowest BCUT2D eigenvalue weighted by Crippen LogP contribution is -2.51. The third kappa shape index (κ3) is 3.38. The summed E-state index contributed by atoms with van der Waals surface area (Å²) in [5.41, 5.74) is -0.507. The van der Waals surface area contributed by atoms with E-state index in [1.165, 1.54) is 11.0 Å². The number of carbonyl (C=O) groups excluding carboxylic acids is 2. The summed E-state index contributed by atoms with van der Waals surface area (Å²) >= 11 is 0. The van der Waals surface area contributed by atoms with Crippen LogP contribution in [-0.2, 0) is 9.53 Å². The van der Waals surface area contributed by atoms with E-state index in [9.17, 15) is 14.9 Å². The van der Waals surface area contributed by atoms with Crippen LogP contribution in [0, 0.1) is 11.3 Å². The van der Waals surface area contributed by atoms with Crippen LogP contribution < -0.4 is 9.47 Å². The van der Waals surface area contributed by atoms with Crippen LogP contribution in [0.2, 0.25) is 0 Å². The number of fused-ring (bicyclic) bond motifs is 1. The number of likely N-dealkylation sites (N-methyl/N-ethyl adjacent to an activating group) is 1. The molecule has 1 amide bonds. The van der Waals surface area contributed by atoms with Crippen LogP contribution in [0.3, 0.4) is 0 Å². The molecule has 132 valence electrons. The molecule has 0 saturated heterocycles. The molecule has 1 saturated carbocycles. The van der Waals surface area contributed by atoms with Crippen LogP contribution >= 0.6 is 0 Å². The fourth-order valence-corrected chi connectivity index (χ4v) is 3.23. The van der Waals surface area contributed by atoms with Gasteiger partial charge in [-0.1, -0.05) is 19.3 Å². The van der Waals surface area contributed by atoms with Gasteiger partial charge in [0.15, 0.2) is 18.1 Å². The molecule has 1 aromatic rings. The van der Waals surface area contributed by atoms with E-state index in [2.05, 4.69) is 6.07 Å². The number of nitrogens with zero attached hydrogens (tertiary/aromatic N) is 2. The van der Waals surface area contributed by atoms with Crippen LogP contribution in [0.15, 0.2) is 18.2 Å². The highest BCUT2D eigenvalue weighted by Crippen LogP contribution is 2.33. The summed E-state index contributed by atoms with van der Waals surface area (Å²) in [6.45, 7) is -0.277. The van der Waals surface area contributed by atoms with Crippen molar-refractivity contribution in [3.05, 3.63) is 23.8 Å². The lowest BCUT2D eigenvalue weighted by atomic mass is 9.81. The van der Waals surface area contributed by atoms with Gasteiger partial charge in [-0.05, 0) is 31.0 Å². The molecule has 0 atom stereocenters. The van der Waals surface area contributed by atoms with Gasteiger partial charge in [0.25, 0.3) is 5.91 Å². The maximum atomic E-state index is 12.4. The number of rotatable bonds is 4. The number of amides is 1. The summed E-state index contributed by atoms with van der Waals surface area (Å²) in [7, 11) is 1.60. The molecule has 3 rings (SSSR count). The lowest BCUT2D eigenvalue weighted by molar-refractivity contribution is -0.138. The van der Waals surface area contributed by atoms with Gasteiger partial charge in [-0.3, -0.25) is 4.79 Å². The third-order valence-electron chi connectivity index (χ3n) is 4.84. The van der Waals surface area contributed by atoms with Gasteiger partial charge >= 0.3 is 5.97 Å². The Morgan fingerprint density at radius 2 is 1.96 bits per heavy atom. The molecule has 1 aliphatic carbocycles. The molecule has 0 bridgehead atoms.